The van der Waals surface area contributed by atoms with Gasteiger partial charge in [-0.15, -0.1) is 0 Å². The lowest BCUT2D eigenvalue weighted by atomic mass is 10.2. The van der Waals surface area contributed by atoms with Crippen LogP contribution in [0.1, 0.15) is 25.7 Å². The first-order valence-corrected chi connectivity index (χ1v) is 5.02. The van der Waals surface area contributed by atoms with Crippen LogP contribution in [0, 0.1) is 0 Å². The van der Waals surface area contributed by atoms with Gasteiger partial charge in [-0.25, -0.2) is 0 Å². The molecule has 6 N–H and O–H groups in total. The fourth-order valence-corrected chi connectivity index (χ4v) is 1.01. The predicted molar refractivity (Wildman–Crippen MR) is 55.7 cm³/mol. The van der Waals surface area contributed by atoms with Crippen molar-refractivity contribution in [1.82, 2.24) is 5.32 Å². The van der Waals surface area contributed by atoms with Crippen molar-refractivity contribution in [3.8, 4) is 0 Å². The smallest absolute Gasteiger partial charge is 0.248 e. The van der Waals surface area contributed by atoms with Crippen LogP contribution in [0.3, 0.4) is 0 Å². The van der Waals surface area contributed by atoms with E-state index in [1.54, 1.807) is 0 Å². The molecule has 1 unspecified atom stereocenters. The Balaban J connectivity index is 3.45. The highest BCUT2D eigenvalue weighted by Crippen LogP contribution is 1.98. The summed E-state index contributed by atoms with van der Waals surface area (Å²) >= 11 is 0. The van der Waals surface area contributed by atoms with Gasteiger partial charge in [-0.05, 0) is 19.4 Å². The van der Waals surface area contributed by atoms with Crippen LogP contribution in [0.2, 0.25) is 0 Å². The van der Waals surface area contributed by atoms with Crippen molar-refractivity contribution < 1.29 is 14.7 Å². The Labute approximate surface area is 89.0 Å². The molecule has 0 saturated carbocycles. The Bertz CT molecular complexity index is 209. The number of hydrogen-bond acceptors (Lipinski definition) is 4. The van der Waals surface area contributed by atoms with E-state index in [2.05, 4.69) is 5.32 Å². The zero-order valence-electron chi connectivity index (χ0n) is 8.74. The molecule has 0 aliphatic carbocycles. The number of hydrogen-bond donors (Lipinski definition) is 4. The molecule has 2 amide bonds. The lowest BCUT2D eigenvalue weighted by Gasteiger charge is -2.08. The van der Waals surface area contributed by atoms with Gasteiger partial charge in [0, 0.05) is 6.42 Å². The Kier molecular flexibility index (Phi) is 7.57. The van der Waals surface area contributed by atoms with Gasteiger partial charge >= 0.3 is 0 Å². The molecular formula is C9H19N3O3. The maximum absolute atomic E-state index is 11.1. The summed E-state index contributed by atoms with van der Waals surface area (Å²) in [6, 6.07) is 0. The van der Waals surface area contributed by atoms with Crippen LogP contribution < -0.4 is 16.8 Å². The molecule has 0 radical (unpaired) electrons. The second-order valence-corrected chi connectivity index (χ2v) is 3.32. The molecule has 0 rings (SSSR count). The Morgan fingerprint density at radius 2 is 1.93 bits per heavy atom. The number of aliphatic hydroxyl groups excluding tert-OH is 1. The summed E-state index contributed by atoms with van der Waals surface area (Å²) in [6.45, 7) is 0.507. The van der Waals surface area contributed by atoms with Crippen molar-refractivity contribution in [3.05, 3.63) is 0 Å². The van der Waals surface area contributed by atoms with E-state index in [4.69, 9.17) is 16.6 Å². The molecule has 0 aromatic rings. The molecule has 0 spiro atoms. The highest BCUT2D eigenvalue weighted by molar-refractivity contribution is 5.80. The molecule has 0 aliphatic heterocycles. The average molecular weight is 217 g/mol. The molecule has 0 bridgehead atoms. The highest BCUT2D eigenvalue weighted by Gasteiger charge is 2.11. The Morgan fingerprint density at radius 3 is 2.47 bits per heavy atom. The minimum absolute atomic E-state index is 0.120. The molecule has 0 heterocycles. The van der Waals surface area contributed by atoms with E-state index in [1.807, 2.05) is 0 Å². The van der Waals surface area contributed by atoms with Crippen LogP contribution in [0.5, 0.6) is 0 Å². The maximum Gasteiger partial charge on any atom is 0.248 e. The molecule has 6 heteroatoms. The van der Waals surface area contributed by atoms with Crippen LogP contribution >= 0.6 is 0 Å². The quantitative estimate of drug-likeness (QED) is 0.369. The number of carbonyl (C=O) groups is 2. The third-order valence-corrected chi connectivity index (χ3v) is 1.93. The van der Waals surface area contributed by atoms with Crippen molar-refractivity contribution in [3.63, 3.8) is 0 Å². The van der Waals surface area contributed by atoms with Gasteiger partial charge < -0.3 is 21.9 Å². The fourth-order valence-electron chi connectivity index (χ4n) is 1.01. The van der Waals surface area contributed by atoms with Crippen molar-refractivity contribution >= 4 is 11.8 Å². The van der Waals surface area contributed by atoms with E-state index >= 15 is 0 Å². The number of carbonyl (C=O) groups excluding carboxylic acids is 2. The first-order chi connectivity index (χ1) is 7.07. The predicted octanol–water partition coefficient (Wildman–Crippen LogP) is -1.53. The zero-order valence-corrected chi connectivity index (χ0v) is 8.74. The lowest BCUT2D eigenvalue weighted by Crippen LogP contribution is -2.39. The third kappa shape index (κ3) is 7.90. The topological polar surface area (TPSA) is 118 Å². The van der Waals surface area contributed by atoms with Gasteiger partial charge in [0.15, 0.2) is 0 Å². The summed E-state index contributed by atoms with van der Waals surface area (Å²) in [5.41, 5.74) is 10.1. The number of rotatable bonds is 8. The first-order valence-electron chi connectivity index (χ1n) is 5.02. The largest absolute Gasteiger partial charge is 0.381 e. The van der Waals surface area contributed by atoms with Crippen molar-refractivity contribution in [2.45, 2.75) is 31.8 Å². The van der Waals surface area contributed by atoms with Crippen LogP contribution in [-0.2, 0) is 9.59 Å². The number of aliphatic hydroxyl groups is 1. The van der Waals surface area contributed by atoms with E-state index in [-0.39, 0.29) is 12.5 Å². The summed E-state index contributed by atoms with van der Waals surface area (Å²) in [7, 11) is 0. The van der Waals surface area contributed by atoms with Gasteiger partial charge in [-0.3, -0.25) is 9.59 Å². The van der Waals surface area contributed by atoms with Crippen LogP contribution in [0.15, 0.2) is 0 Å². The summed E-state index contributed by atoms with van der Waals surface area (Å²) in [5, 5.41) is 11.4. The van der Waals surface area contributed by atoms with E-state index in [0.29, 0.717) is 13.0 Å². The number of nitrogens with one attached hydrogen (secondary N) is 1. The van der Waals surface area contributed by atoms with Gasteiger partial charge in [-0.2, -0.15) is 0 Å². The summed E-state index contributed by atoms with van der Waals surface area (Å²) < 4.78 is 0. The van der Waals surface area contributed by atoms with Crippen molar-refractivity contribution in [1.29, 1.82) is 0 Å². The summed E-state index contributed by atoms with van der Waals surface area (Å²) in [5.74, 6) is -1.02. The van der Waals surface area contributed by atoms with Crippen LogP contribution in [-0.4, -0.2) is 36.1 Å². The molecule has 88 valence electrons. The van der Waals surface area contributed by atoms with E-state index < -0.39 is 12.0 Å². The van der Waals surface area contributed by atoms with Crippen molar-refractivity contribution in [2.75, 3.05) is 13.1 Å². The van der Waals surface area contributed by atoms with Gasteiger partial charge in [-0.1, -0.05) is 6.42 Å². The number of primary amides is 1. The molecular weight excluding hydrogens is 198 g/mol. The molecule has 0 aromatic heterocycles. The molecule has 0 saturated heterocycles. The van der Waals surface area contributed by atoms with Gasteiger partial charge in [0.05, 0.1) is 6.54 Å². The first kappa shape index (κ1) is 13.9. The standard InChI is InChI=1S/C9H19N3O3/c10-5-3-1-2-4-8(14)12-6-7(13)9(11)15/h7,13H,1-6,10H2,(H2,11,15)(H,12,14). The minimum Gasteiger partial charge on any atom is -0.381 e. The number of amides is 2. The van der Waals surface area contributed by atoms with E-state index in [9.17, 15) is 9.59 Å². The molecule has 0 aromatic carbocycles. The van der Waals surface area contributed by atoms with E-state index in [1.165, 1.54) is 0 Å². The van der Waals surface area contributed by atoms with Crippen LogP contribution in [0.25, 0.3) is 0 Å². The Morgan fingerprint density at radius 1 is 1.27 bits per heavy atom. The molecule has 0 fully saturated rings. The average Bonchev–Trinajstić information content (AvgIpc) is 2.20. The Hall–Kier alpha value is -1.14. The van der Waals surface area contributed by atoms with Gasteiger partial charge in [0.2, 0.25) is 11.8 Å². The normalized spacial score (nSPS) is 12.1. The number of unbranched alkanes of at least 4 members (excludes halogenated alkanes) is 2. The molecule has 6 nitrogen and oxygen atoms in total. The van der Waals surface area contributed by atoms with Crippen molar-refractivity contribution in [2.24, 2.45) is 11.5 Å². The minimum atomic E-state index is -1.31. The van der Waals surface area contributed by atoms with Gasteiger partial charge in [0.1, 0.15) is 6.10 Å². The summed E-state index contributed by atoms with van der Waals surface area (Å²) in [6.07, 6.45) is 1.64. The molecule has 15 heavy (non-hydrogen) atoms. The second-order valence-electron chi connectivity index (χ2n) is 3.32. The second kappa shape index (κ2) is 8.19. The molecule has 0 aliphatic rings. The third-order valence-electron chi connectivity index (χ3n) is 1.93. The highest BCUT2D eigenvalue weighted by atomic mass is 16.3. The van der Waals surface area contributed by atoms with E-state index in [0.717, 1.165) is 19.3 Å². The van der Waals surface area contributed by atoms with Gasteiger partial charge in [0.25, 0.3) is 0 Å². The molecule has 1 atom stereocenters. The summed E-state index contributed by atoms with van der Waals surface area (Å²) in [4.78, 5) is 21.5. The fraction of sp³-hybridized carbons (Fsp3) is 0.778. The van der Waals surface area contributed by atoms with Crippen LogP contribution in [0.4, 0.5) is 0 Å². The number of nitrogens with two attached hydrogens (primary N) is 2. The zero-order chi connectivity index (χ0) is 11.7. The lowest BCUT2D eigenvalue weighted by molar-refractivity contribution is -0.127. The SMILES string of the molecule is NCCCCCC(=O)NCC(O)C(N)=O. The monoisotopic (exact) mass is 217 g/mol. The maximum atomic E-state index is 11.1.